The summed E-state index contributed by atoms with van der Waals surface area (Å²) in [6, 6.07) is 13.4. The molecule has 4 heteroatoms. The van der Waals surface area contributed by atoms with E-state index in [0.29, 0.717) is 10.7 Å². The first-order valence-corrected chi connectivity index (χ1v) is 7.24. The molecule has 0 fully saturated rings. The maximum atomic E-state index is 5.72. The predicted molar refractivity (Wildman–Crippen MR) is 89.3 cm³/mol. The number of anilines is 1. The lowest BCUT2D eigenvalue weighted by Gasteiger charge is -2.06. The van der Waals surface area contributed by atoms with E-state index in [1.807, 2.05) is 31.2 Å². The molecule has 0 aliphatic rings. The summed E-state index contributed by atoms with van der Waals surface area (Å²) in [6.45, 7) is 4.02. The van der Waals surface area contributed by atoms with Gasteiger partial charge in [-0.05, 0) is 48.7 Å². The molecule has 0 aromatic heterocycles. The van der Waals surface area contributed by atoms with Crippen molar-refractivity contribution in [1.29, 1.82) is 0 Å². The molecule has 108 valence electrons. The van der Waals surface area contributed by atoms with Crippen molar-refractivity contribution in [2.75, 3.05) is 5.73 Å². The lowest BCUT2D eigenvalue weighted by Crippen LogP contribution is -2.05. The summed E-state index contributed by atoms with van der Waals surface area (Å²) in [7, 11) is 0. The fourth-order valence-corrected chi connectivity index (χ4v) is 1.93. The number of nitrogens with two attached hydrogens (primary N) is 2. The number of aryl methyl sites for hydroxylation is 1. The van der Waals surface area contributed by atoms with Gasteiger partial charge in [0.1, 0.15) is 0 Å². The van der Waals surface area contributed by atoms with Gasteiger partial charge in [0.05, 0.1) is 10.7 Å². The minimum Gasteiger partial charge on any atom is -0.398 e. The van der Waals surface area contributed by atoms with Gasteiger partial charge in [-0.15, -0.1) is 0 Å². The van der Waals surface area contributed by atoms with E-state index in [2.05, 4.69) is 13.0 Å². The summed E-state index contributed by atoms with van der Waals surface area (Å²) in [5.74, 6) is 0. The number of benzene rings is 2. The molecule has 0 radical (unpaired) electrons. The highest BCUT2D eigenvalue weighted by atomic mass is 35.5. The van der Waals surface area contributed by atoms with Crippen molar-refractivity contribution >= 4 is 28.9 Å². The Bertz CT molecular complexity index is 554. The molecule has 4 N–H and O–H groups in total. The molecule has 2 aromatic rings. The van der Waals surface area contributed by atoms with E-state index < -0.39 is 0 Å². The van der Waals surface area contributed by atoms with Crippen LogP contribution in [0.15, 0.2) is 42.5 Å². The quantitative estimate of drug-likeness (QED) is 0.779. The van der Waals surface area contributed by atoms with E-state index >= 15 is 0 Å². The molecule has 0 aliphatic heterocycles. The highest BCUT2D eigenvalue weighted by Crippen LogP contribution is 2.21. The molecule has 0 saturated heterocycles. The number of hydrogen-bond donors (Lipinski definition) is 2. The summed E-state index contributed by atoms with van der Waals surface area (Å²) in [6.07, 6.45) is 1.06. The Kier molecular flexibility index (Phi) is 6.86. The van der Waals surface area contributed by atoms with Crippen LogP contribution in [0.2, 0.25) is 10.0 Å². The third-order valence-corrected chi connectivity index (χ3v) is 3.42. The van der Waals surface area contributed by atoms with Gasteiger partial charge in [0.15, 0.2) is 0 Å². The van der Waals surface area contributed by atoms with Gasteiger partial charge < -0.3 is 11.5 Å². The summed E-state index contributed by atoms with van der Waals surface area (Å²) >= 11 is 11.4. The molecule has 0 bridgehead atoms. The Labute approximate surface area is 130 Å². The van der Waals surface area contributed by atoms with Crippen LogP contribution >= 0.6 is 23.2 Å². The number of rotatable bonds is 2. The topological polar surface area (TPSA) is 52.0 Å². The van der Waals surface area contributed by atoms with Gasteiger partial charge in [-0.2, -0.15) is 0 Å². The molecule has 2 rings (SSSR count). The van der Waals surface area contributed by atoms with Gasteiger partial charge in [-0.3, -0.25) is 0 Å². The van der Waals surface area contributed by atoms with Crippen molar-refractivity contribution < 1.29 is 0 Å². The van der Waals surface area contributed by atoms with E-state index in [0.717, 1.165) is 17.0 Å². The Hall–Kier alpha value is -1.22. The van der Waals surface area contributed by atoms with Crippen LogP contribution in [0, 0.1) is 0 Å². The molecule has 2 aromatic carbocycles. The van der Waals surface area contributed by atoms with Crippen LogP contribution in [0.5, 0.6) is 0 Å². The molecule has 20 heavy (non-hydrogen) atoms. The predicted octanol–water partition coefficient (Wildman–Crippen LogP) is 4.84. The van der Waals surface area contributed by atoms with Crippen molar-refractivity contribution in [3.63, 3.8) is 0 Å². The van der Waals surface area contributed by atoms with Crippen LogP contribution in [-0.4, -0.2) is 0 Å². The second-order valence-corrected chi connectivity index (χ2v) is 5.40. The van der Waals surface area contributed by atoms with Crippen LogP contribution in [-0.2, 0) is 6.42 Å². The lowest BCUT2D eigenvalue weighted by atomic mass is 10.1. The minimum absolute atomic E-state index is 0.00886. The van der Waals surface area contributed by atoms with Crippen LogP contribution in [0.3, 0.4) is 0 Å². The standard InChI is InChI=1S/C8H11ClN2.C8H9Cl/c1-5(10)6-2-3-7(9)8(11)4-6;1-2-7-4-3-5-8(9)6-7/h2-5H,10-11H2,1H3;3-6H,2H2,1H3. The summed E-state index contributed by atoms with van der Waals surface area (Å²) in [4.78, 5) is 0. The van der Waals surface area contributed by atoms with Crippen molar-refractivity contribution in [2.24, 2.45) is 5.73 Å². The number of nitrogen functional groups attached to an aromatic ring is 1. The SMILES string of the molecule is CC(N)c1ccc(Cl)c(N)c1.CCc1cccc(Cl)c1. The third kappa shape index (κ3) is 5.41. The second-order valence-electron chi connectivity index (χ2n) is 4.55. The van der Waals surface area contributed by atoms with Crippen LogP contribution < -0.4 is 11.5 Å². The van der Waals surface area contributed by atoms with Crippen LogP contribution in [0.4, 0.5) is 5.69 Å². The number of hydrogen-bond acceptors (Lipinski definition) is 2. The van der Waals surface area contributed by atoms with Gasteiger partial charge in [0.25, 0.3) is 0 Å². The average molecular weight is 311 g/mol. The first-order chi connectivity index (χ1) is 9.43. The molecule has 0 amide bonds. The normalized spacial score (nSPS) is 11.4. The molecule has 2 nitrogen and oxygen atoms in total. The lowest BCUT2D eigenvalue weighted by molar-refractivity contribution is 0.819. The van der Waals surface area contributed by atoms with E-state index in [-0.39, 0.29) is 6.04 Å². The van der Waals surface area contributed by atoms with Gasteiger partial charge in [0.2, 0.25) is 0 Å². The van der Waals surface area contributed by atoms with Crippen molar-refractivity contribution in [3.05, 3.63) is 63.6 Å². The monoisotopic (exact) mass is 310 g/mol. The van der Waals surface area contributed by atoms with Gasteiger partial charge >= 0.3 is 0 Å². The molecule has 1 atom stereocenters. The third-order valence-electron chi connectivity index (χ3n) is 2.84. The first-order valence-electron chi connectivity index (χ1n) is 6.49. The molecule has 0 spiro atoms. The Morgan fingerprint density at radius 2 is 1.80 bits per heavy atom. The maximum absolute atomic E-state index is 5.72. The van der Waals surface area contributed by atoms with E-state index in [4.69, 9.17) is 34.7 Å². The van der Waals surface area contributed by atoms with Crippen molar-refractivity contribution in [1.82, 2.24) is 0 Å². The van der Waals surface area contributed by atoms with Gasteiger partial charge in [-0.1, -0.05) is 48.3 Å². The summed E-state index contributed by atoms with van der Waals surface area (Å²) < 4.78 is 0. The highest BCUT2D eigenvalue weighted by molar-refractivity contribution is 6.33. The van der Waals surface area contributed by atoms with E-state index in [9.17, 15) is 0 Å². The zero-order valence-corrected chi connectivity index (χ0v) is 13.2. The number of halogens is 2. The average Bonchev–Trinajstić information content (AvgIpc) is 2.42. The smallest absolute Gasteiger partial charge is 0.0635 e. The van der Waals surface area contributed by atoms with Gasteiger partial charge in [-0.25, -0.2) is 0 Å². The zero-order valence-electron chi connectivity index (χ0n) is 11.7. The first kappa shape index (κ1) is 16.8. The van der Waals surface area contributed by atoms with Crippen LogP contribution in [0.1, 0.15) is 31.0 Å². The summed E-state index contributed by atoms with van der Waals surface area (Å²) in [5, 5.41) is 1.41. The molecule has 0 saturated carbocycles. The van der Waals surface area contributed by atoms with Crippen LogP contribution in [0.25, 0.3) is 0 Å². The molecule has 0 aliphatic carbocycles. The Balaban J connectivity index is 0.000000204. The molecular formula is C16H20Cl2N2. The molecule has 1 unspecified atom stereocenters. The largest absolute Gasteiger partial charge is 0.398 e. The Morgan fingerprint density at radius 3 is 2.25 bits per heavy atom. The highest BCUT2D eigenvalue weighted by Gasteiger charge is 2.01. The zero-order chi connectivity index (χ0) is 15.1. The second kappa shape index (κ2) is 8.15. The Morgan fingerprint density at radius 1 is 1.10 bits per heavy atom. The minimum atomic E-state index is 0.00886. The fraction of sp³-hybridized carbons (Fsp3) is 0.250. The molecular weight excluding hydrogens is 291 g/mol. The maximum Gasteiger partial charge on any atom is 0.0635 e. The summed E-state index contributed by atoms with van der Waals surface area (Å²) in [5.41, 5.74) is 14.1. The van der Waals surface area contributed by atoms with Crippen molar-refractivity contribution in [2.45, 2.75) is 26.3 Å². The van der Waals surface area contributed by atoms with Gasteiger partial charge in [0, 0.05) is 11.1 Å². The van der Waals surface area contributed by atoms with E-state index in [1.165, 1.54) is 5.56 Å². The molecule has 0 heterocycles. The van der Waals surface area contributed by atoms with E-state index in [1.54, 1.807) is 12.1 Å². The van der Waals surface area contributed by atoms with Crippen molar-refractivity contribution in [3.8, 4) is 0 Å². The fourth-order valence-electron chi connectivity index (χ4n) is 1.60.